The van der Waals surface area contributed by atoms with Crippen molar-refractivity contribution in [2.75, 3.05) is 13.2 Å². The molecular formula is C54H93NaO7S. The maximum Gasteiger partial charge on any atom is 1.00 e. The molecule has 0 bridgehead atoms. The number of carbonyl (C=O) groups is 2. The van der Waals surface area contributed by atoms with Gasteiger partial charge in [0.05, 0.1) is 29.2 Å². The zero-order valence-electron chi connectivity index (χ0n) is 41.1. The second kappa shape index (κ2) is 45.7. The molecular weight excluding hydrogens is 816 g/mol. The van der Waals surface area contributed by atoms with Crippen LogP contribution < -0.4 is 29.6 Å². The molecule has 0 saturated carbocycles. The monoisotopic (exact) mass is 909 g/mol. The third-order valence-corrected chi connectivity index (χ3v) is 12.8. The van der Waals surface area contributed by atoms with Crippen LogP contribution in [0, 0.1) is 0 Å². The molecule has 358 valence electrons. The van der Waals surface area contributed by atoms with Gasteiger partial charge in [0.25, 0.3) is 0 Å². The van der Waals surface area contributed by atoms with E-state index >= 15 is 0 Å². The summed E-state index contributed by atoms with van der Waals surface area (Å²) in [5.41, 5.74) is -0.336. The Hall–Kier alpha value is -1.45. The van der Waals surface area contributed by atoms with Crippen molar-refractivity contribution in [2.24, 2.45) is 0 Å². The fourth-order valence-corrected chi connectivity index (χ4v) is 8.47. The number of allylic oxidation sites excluding steroid dienone is 4. The van der Waals surface area contributed by atoms with Gasteiger partial charge >= 0.3 is 41.5 Å². The molecule has 0 amide bonds. The molecule has 0 aliphatic rings. The Morgan fingerprint density at radius 1 is 0.429 bits per heavy atom. The van der Waals surface area contributed by atoms with Crippen molar-refractivity contribution in [3.63, 3.8) is 0 Å². The molecule has 63 heavy (non-hydrogen) atoms. The summed E-state index contributed by atoms with van der Waals surface area (Å²) in [4.78, 5) is 25.4. The average molecular weight is 909 g/mol. The number of esters is 2. The predicted molar refractivity (Wildman–Crippen MR) is 260 cm³/mol. The summed E-state index contributed by atoms with van der Waals surface area (Å²) in [7, 11) is -4.82. The minimum Gasteiger partial charge on any atom is -0.744 e. The minimum atomic E-state index is -4.82. The van der Waals surface area contributed by atoms with Crippen LogP contribution in [0.5, 0.6) is 0 Å². The molecule has 1 aromatic rings. The third-order valence-electron chi connectivity index (χ3n) is 12.0. The topological polar surface area (TPSA) is 110 Å². The quantitative estimate of drug-likeness (QED) is 0.0211. The molecule has 0 aliphatic carbocycles. The molecule has 1 aromatic carbocycles. The maximum atomic E-state index is 13.0. The van der Waals surface area contributed by atoms with Crippen LogP contribution in [-0.2, 0) is 19.6 Å². The van der Waals surface area contributed by atoms with Gasteiger partial charge in [0, 0.05) is 0 Å². The second-order valence-electron chi connectivity index (χ2n) is 17.8. The van der Waals surface area contributed by atoms with E-state index in [1.165, 1.54) is 199 Å². The van der Waals surface area contributed by atoms with Gasteiger partial charge in [0.2, 0.25) is 0 Å². The molecule has 0 fully saturated rings. The van der Waals surface area contributed by atoms with Crippen molar-refractivity contribution in [3.8, 4) is 0 Å². The van der Waals surface area contributed by atoms with Gasteiger partial charge in [-0.1, -0.05) is 218 Å². The first kappa shape index (κ1) is 61.5. The molecule has 0 atom stereocenters. The molecule has 0 aliphatic heterocycles. The van der Waals surface area contributed by atoms with E-state index in [9.17, 15) is 22.6 Å². The SMILES string of the molecule is CCCCCCCCCC/C=C/CCCCCCCCCCCOC(=O)c1ccc(S(=O)(=O)[O-])cc1C(=O)OCCCCCCCCCCC/C=C/CCCCCCCCCC.[Na+]. The summed E-state index contributed by atoms with van der Waals surface area (Å²) in [5, 5.41) is 0. The van der Waals surface area contributed by atoms with Gasteiger partial charge in [-0.05, 0) is 82.4 Å². The summed E-state index contributed by atoms with van der Waals surface area (Å²) < 4.78 is 46.0. The summed E-state index contributed by atoms with van der Waals surface area (Å²) in [5.74, 6) is -1.55. The number of hydrogen-bond acceptors (Lipinski definition) is 7. The first-order valence-electron chi connectivity index (χ1n) is 26.0. The van der Waals surface area contributed by atoms with Crippen LogP contribution in [0.3, 0.4) is 0 Å². The van der Waals surface area contributed by atoms with E-state index in [0.29, 0.717) is 12.8 Å². The van der Waals surface area contributed by atoms with Crippen LogP contribution in [0.2, 0.25) is 0 Å². The van der Waals surface area contributed by atoms with Gasteiger partial charge in [-0.15, -0.1) is 0 Å². The zero-order valence-corrected chi connectivity index (χ0v) is 43.9. The standard InChI is InChI=1S/C54H94O7S.Na/c1-3-5-7-9-11-13-15-17-19-21-23-25-27-29-31-33-35-37-39-41-43-47-60-53(55)51-46-45-50(62(57,58)59)49-52(51)54(56)61-48-44-42-40-38-36-34-32-30-28-26-24-22-20-18-16-14-12-10-8-6-4-2;/h21-24,45-46,49H,3-20,25-44,47-48H2,1-2H3,(H,57,58,59);/q;+1/p-1/b23-21+,24-22+;. The maximum absolute atomic E-state index is 13.0. The second-order valence-corrected chi connectivity index (χ2v) is 19.2. The van der Waals surface area contributed by atoms with Crippen LogP contribution in [0.15, 0.2) is 47.4 Å². The first-order chi connectivity index (χ1) is 30.3. The Labute approximate surface area is 410 Å². The fourth-order valence-electron chi connectivity index (χ4n) is 7.98. The average Bonchev–Trinajstić information content (AvgIpc) is 3.26. The van der Waals surface area contributed by atoms with Gasteiger partial charge < -0.3 is 14.0 Å². The molecule has 1 rings (SSSR count). The van der Waals surface area contributed by atoms with Gasteiger partial charge in [-0.2, -0.15) is 0 Å². The third kappa shape index (κ3) is 38.4. The van der Waals surface area contributed by atoms with Gasteiger partial charge in [-0.25, -0.2) is 18.0 Å². The largest absolute Gasteiger partial charge is 1.00 e. The molecule has 0 radical (unpaired) electrons. The summed E-state index contributed by atoms with van der Waals surface area (Å²) in [6, 6.07) is 3.15. The van der Waals surface area contributed by atoms with Crippen molar-refractivity contribution in [1.29, 1.82) is 0 Å². The van der Waals surface area contributed by atoms with Gasteiger partial charge in [-0.3, -0.25) is 0 Å². The number of rotatable bonds is 45. The number of hydrogen-bond donors (Lipinski definition) is 0. The van der Waals surface area contributed by atoms with E-state index in [4.69, 9.17) is 9.47 Å². The Bertz CT molecular complexity index is 1380. The predicted octanol–water partition coefficient (Wildman–Crippen LogP) is 13.9. The molecule has 0 unspecified atom stereocenters. The Kier molecular flexibility index (Phi) is 44.6. The van der Waals surface area contributed by atoms with Crippen molar-refractivity contribution in [1.82, 2.24) is 0 Å². The van der Waals surface area contributed by atoms with E-state index in [-0.39, 0.29) is 53.9 Å². The summed E-state index contributed by atoms with van der Waals surface area (Å²) in [6.45, 7) is 4.90. The van der Waals surface area contributed by atoms with Gasteiger partial charge in [0.1, 0.15) is 10.1 Å². The van der Waals surface area contributed by atoms with Crippen molar-refractivity contribution >= 4 is 22.1 Å². The molecule has 9 heteroatoms. The Balaban J connectivity index is 0.0000384. The van der Waals surface area contributed by atoms with E-state index in [2.05, 4.69) is 38.2 Å². The Morgan fingerprint density at radius 2 is 0.698 bits per heavy atom. The zero-order chi connectivity index (χ0) is 45.0. The molecule has 0 aromatic heterocycles. The van der Waals surface area contributed by atoms with Gasteiger partial charge in [0.15, 0.2) is 0 Å². The van der Waals surface area contributed by atoms with E-state index < -0.39 is 27.0 Å². The molecule has 0 heterocycles. The minimum absolute atomic E-state index is 0. The Morgan fingerprint density at radius 3 is 1.00 bits per heavy atom. The van der Waals surface area contributed by atoms with Crippen LogP contribution in [-0.4, -0.2) is 38.1 Å². The number of carbonyl (C=O) groups excluding carboxylic acids is 2. The normalized spacial score (nSPS) is 11.7. The fraction of sp³-hybridized carbons (Fsp3) is 0.778. The number of benzene rings is 1. The first-order valence-corrected chi connectivity index (χ1v) is 27.5. The van der Waals surface area contributed by atoms with Crippen molar-refractivity contribution in [3.05, 3.63) is 53.6 Å². The summed E-state index contributed by atoms with van der Waals surface area (Å²) in [6.07, 6.45) is 56.5. The molecule has 0 saturated heterocycles. The molecule has 0 N–H and O–H groups in total. The van der Waals surface area contributed by atoms with E-state index in [0.717, 1.165) is 50.7 Å². The smallest absolute Gasteiger partial charge is 0.744 e. The van der Waals surface area contributed by atoms with E-state index in [1.54, 1.807) is 0 Å². The van der Waals surface area contributed by atoms with Crippen LogP contribution in [0.1, 0.15) is 279 Å². The molecule has 0 spiro atoms. The van der Waals surface area contributed by atoms with Crippen molar-refractivity contribution in [2.45, 2.75) is 263 Å². The van der Waals surface area contributed by atoms with Crippen LogP contribution in [0.25, 0.3) is 0 Å². The number of unbranched alkanes of at least 4 members (excludes halogenated alkanes) is 34. The van der Waals surface area contributed by atoms with E-state index in [1.807, 2.05) is 0 Å². The summed E-state index contributed by atoms with van der Waals surface area (Å²) >= 11 is 0. The number of ether oxygens (including phenoxy) is 2. The van der Waals surface area contributed by atoms with Crippen molar-refractivity contribution < 1.29 is 61.6 Å². The van der Waals surface area contributed by atoms with Crippen LogP contribution in [0.4, 0.5) is 0 Å². The van der Waals surface area contributed by atoms with Crippen LogP contribution >= 0.6 is 0 Å². The molecule has 7 nitrogen and oxygen atoms in total.